The van der Waals surface area contributed by atoms with Gasteiger partial charge in [-0.25, -0.2) is 0 Å². The molecule has 0 radical (unpaired) electrons. The molecule has 6 heteroatoms. The van der Waals surface area contributed by atoms with Crippen LogP contribution in [0.15, 0.2) is 46.5 Å². The number of ether oxygens (including phenoxy) is 1. The summed E-state index contributed by atoms with van der Waals surface area (Å²) in [4.78, 5) is 6.89. The molecule has 3 aromatic heterocycles. The smallest absolute Gasteiger partial charge is 0.132 e. The molecule has 2 atom stereocenters. The highest BCUT2D eigenvalue weighted by Crippen LogP contribution is 2.25. The van der Waals surface area contributed by atoms with Gasteiger partial charge in [-0.2, -0.15) is 0 Å². The van der Waals surface area contributed by atoms with Crippen LogP contribution in [-0.2, 0) is 11.3 Å². The Morgan fingerprint density at radius 2 is 2.38 bits per heavy atom. The third-order valence-electron chi connectivity index (χ3n) is 4.46. The number of hydrogen-bond acceptors (Lipinski definition) is 6. The summed E-state index contributed by atoms with van der Waals surface area (Å²) in [5.41, 5.74) is 2.25. The Kier molecular flexibility index (Phi) is 4.62. The van der Waals surface area contributed by atoms with Crippen molar-refractivity contribution < 1.29 is 14.3 Å². The van der Waals surface area contributed by atoms with Crippen LogP contribution in [0.25, 0.3) is 10.2 Å². The Bertz CT molecular complexity index is 787. The number of morpholine rings is 1. The highest BCUT2D eigenvalue weighted by molar-refractivity contribution is 7.17. The van der Waals surface area contributed by atoms with Crippen LogP contribution < -0.4 is 0 Å². The summed E-state index contributed by atoms with van der Waals surface area (Å²) in [6, 6.07) is 8.03. The van der Waals surface area contributed by atoms with E-state index in [1.807, 2.05) is 18.3 Å². The largest absolute Gasteiger partial charge is 0.467 e. The van der Waals surface area contributed by atoms with Gasteiger partial charge in [0.15, 0.2) is 0 Å². The van der Waals surface area contributed by atoms with Gasteiger partial charge in [-0.15, -0.1) is 11.3 Å². The van der Waals surface area contributed by atoms with Crippen LogP contribution in [0.3, 0.4) is 0 Å². The second-order valence-electron chi connectivity index (χ2n) is 6.11. The van der Waals surface area contributed by atoms with Crippen molar-refractivity contribution in [2.75, 3.05) is 19.8 Å². The maximum absolute atomic E-state index is 10.4. The summed E-state index contributed by atoms with van der Waals surface area (Å²) in [7, 11) is 0. The quantitative estimate of drug-likeness (QED) is 0.770. The van der Waals surface area contributed by atoms with E-state index in [2.05, 4.69) is 21.3 Å². The molecule has 2 unspecified atom stereocenters. The molecule has 24 heavy (non-hydrogen) atoms. The van der Waals surface area contributed by atoms with Gasteiger partial charge < -0.3 is 14.3 Å². The van der Waals surface area contributed by atoms with Crippen LogP contribution in [0.2, 0.25) is 0 Å². The Balaban J connectivity index is 1.47. The number of furan rings is 1. The maximum atomic E-state index is 10.4. The molecule has 1 fully saturated rings. The molecule has 0 aliphatic carbocycles. The van der Waals surface area contributed by atoms with E-state index < -0.39 is 6.10 Å². The van der Waals surface area contributed by atoms with Gasteiger partial charge in [0.1, 0.15) is 11.9 Å². The lowest BCUT2D eigenvalue weighted by atomic mass is 10.0. The minimum Gasteiger partial charge on any atom is -0.467 e. The van der Waals surface area contributed by atoms with Crippen molar-refractivity contribution in [1.82, 2.24) is 9.88 Å². The number of aliphatic hydroxyl groups is 1. The molecule has 5 nitrogen and oxygen atoms in total. The predicted octanol–water partition coefficient (Wildman–Crippen LogP) is 3.21. The van der Waals surface area contributed by atoms with E-state index in [0.717, 1.165) is 25.2 Å². The molecular weight excluding hydrogens is 324 g/mol. The second kappa shape index (κ2) is 7.03. The first kappa shape index (κ1) is 15.8. The lowest BCUT2D eigenvalue weighted by Crippen LogP contribution is -2.45. The third kappa shape index (κ3) is 3.37. The van der Waals surface area contributed by atoms with Crippen LogP contribution in [0.5, 0.6) is 0 Å². The van der Waals surface area contributed by atoms with Gasteiger partial charge in [0.05, 0.1) is 29.7 Å². The monoisotopic (exact) mass is 344 g/mol. The predicted molar refractivity (Wildman–Crippen MR) is 92.9 cm³/mol. The summed E-state index contributed by atoms with van der Waals surface area (Å²) >= 11 is 1.72. The lowest BCUT2D eigenvalue weighted by molar-refractivity contribution is -0.0323. The summed E-state index contributed by atoms with van der Waals surface area (Å²) in [5.74, 6) is 0.613. The van der Waals surface area contributed by atoms with Crippen molar-refractivity contribution in [1.29, 1.82) is 0 Å². The first-order valence-corrected chi connectivity index (χ1v) is 9.03. The van der Waals surface area contributed by atoms with Crippen molar-refractivity contribution in [2.24, 2.45) is 0 Å². The Hall–Kier alpha value is -1.73. The normalized spacial score (nSPS) is 20.5. The number of nitrogens with zero attached hydrogens (tertiary/aromatic N) is 2. The summed E-state index contributed by atoms with van der Waals surface area (Å²) in [5, 5.41) is 12.4. The van der Waals surface area contributed by atoms with Crippen LogP contribution in [-0.4, -0.2) is 40.8 Å². The molecule has 0 amide bonds. The highest BCUT2D eigenvalue weighted by Gasteiger charge is 2.27. The van der Waals surface area contributed by atoms with E-state index in [0.29, 0.717) is 18.8 Å². The average Bonchev–Trinajstić information content (AvgIpc) is 3.27. The molecule has 1 aliphatic heterocycles. The Morgan fingerprint density at radius 3 is 3.25 bits per heavy atom. The minimum absolute atomic E-state index is 0.165. The topological polar surface area (TPSA) is 58.7 Å². The van der Waals surface area contributed by atoms with Crippen LogP contribution in [0, 0.1) is 0 Å². The zero-order valence-electron chi connectivity index (χ0n) is 13.3. The standard InChI is InChI=1S/C18H20N2O3S/c21-16(17-2-1-5-23-17)9-14-12-22-6-4-20(14)11-13-8-18-15(19-10-13)3-7-24-18/h1-3,5,7-8,10,14,16,21H,4,6,9,11-12H2. The van der Waals surface area contributed by atoms with Gasteiger partial charge in [-0.05, 0) is 41.6 Å². The molecule has 1 saturated heterocycles. The maximum Gasteiger partial charge on any atom is 0.132 e. The highest BCUT2D eigenvalue weighted by atomic mass is 32.1. The number of fused-ring (bicyclic) bond motifs is 1. The van der Waals surface area contributed by atoms with Crippen molar-refractivity contribution in [3.63, 3.8) is 0 Å². The number of aliphatic hydroxyl groups excluding tert-OH is 1. The van der Waals surface area contributed by atoms with Gasteiger partial charge in [-0.1, -0.05) is 0 Å². The number of thiophene rings is 1. The summed E-state index contributed by atoms with van der Waals surface area (Å²) < 4.78 is 12.2. The van der Waals surface area contributed by atoms with Gasteiger partial charge in [0.25, 0.3) is 0 Å². The molecular formula is C18H20N2O3S. The minimum atomic E-state index is -0.605. The fourth-order valence-electron chi connectivity index (χ4n) is 3.18. The zero-order valence-corrected chi connectivity index (χ0v) is 14.1. The van der Waals surface area contributed by atoms with Crippen molar-refractivity contribution in [3.8, 4) is 0 Å². The molecule has 3 aromatic rings. The summed E-state index contributed by atoms with van der Waals surface area (Å²) in [6.45, 7) is 3.03. The summed E-state index contributed by atoms with van der Waals surface area (Å²) in [6.07, 6.45) is 3.54. The van der Waals surface area contributed by atoms with Crippen molar-refractivity contribution in [3.05, 3.63) is 53.4 Å². The van der Waals surface area contributed by atoms with Gasteiger partial charge >= 0.3 is 0 Å². The van der Waals surface area contributed by atoms with E-state index in [9.17, 15) is 5.11 Å². The number of rotatable bonds is 5. The molecule has 0 spiro atoms. The Labute approximate surface area is 144 Å². The molecule has 1 N–H and O–H groups in total. The SMILES string of the molecule is OC(CC1COCCN1Cc1cnc2ccsc2c1)c1ccco1. The van der Waals surface area contributed by atoms with Crippen molar-refractivity contribution >= 4 is 21.6 Å². The molecule has 1 aliphatic rings. The third-order valence-corrected chi connectivity index (χ3v) is 5.31. The molecule has 0 aromatic carbocycles. The van der Waals surface area contributed by atoms with E-state index in [-0.39, 0.29) is 6.04 Å². The molecule has 126 valence electrons. The van der Waals surface area contributed by atoms with Gasteiger partial charge in [-0.3, -0.25) is 9.88 Å². The van der Waals surface area contributed by atoms with E-state index in [1.165, 1.54) is 10.3 Å². The fourth-order valence-corrected chi connectivity index (χ4v) is 3.98. The van der Waals surface area contributed by atoms with Crippen LogP contribution >= 0.6 is 11.3 Å². The number of pyridine rings is 1. The Morgan fingerprint density at radius 1 is 1.42 bits per heavy atom. The van der Waals surface area contributed by atoms with Gasteiger partial charge in [0.2, 0.25) is 0 Å². The van der Waals surface area contributed by atoms with Gasteiger partial charge in [0, 0.05) is 25.3 Å². The first-order chi connectivity index (χ1) is 11.8. The van der Waals surface area contributed by atoms with E-state index in [1.54, 1.807) is 23.7 Å². The van der Waals surface area contributed by atoms with E-state index >= 15 is 0 Å². The fraction of sp³-hybridized carbons (Fsp3) is 0.389. The molecule has 0 saturated carbocycles. The lowest BCUT2D eigenvalue weighted by Gasteiger charge is -2.36. The van der Waals surface area contributed by atoms with Crippen molar-refractivity contribution in [2.45, 2.75) is 25.1 Å². The number of aromatic nitrogens is 1. The second-order valence-corrected chi connectivity index (χ2v) is 7.06. The molecule has 4 heterocycles. The molecule has 0 bridgehead atoms. The first-order valence-electron chi connectivity index (χ1n) is 8.15. The van der Waals surface area contributed by atoms with E-state index in [4.69, 9.17) is 9.15 Å². The number of hydrogen-bond donors (Lipinski definition) is 1. The molecule has 4 rings (SSSR count). The average molecular weight is 344 g/mol. The zero-order chi connectivity index (χ0) is 16.4. The van der Waals surface area contributed by atoms with Crippen LogP contribution in [0.1, 0.15) is 23.8 Å². The van der Waals surface area contributed by atoms with Crippen LogP contribution in [0.4, 0.5) is 0 Å².